The Kier molecular flexibility index (Phi) is 7.54. The molecule has 0 radical (unpaired) electrons. The molecule has 0 heterocycles. The molecular formula is C18H17F3N2O3S. The smallest absolute Gasteiger partial charge is 0.422 e. The zero-order valence-corrected chi connectivity index (χ0v) is 14.9. The molecule has 0 aliphatic carbocycles. The van der Waals surface area contributed by atoms with E-state index in [0.717, 1.165) is 9.79 Å². The largest absolute Gasteiger partial charge is 0.440 e. The molecule has 0 aliphatic rings. The maximum atomic E-state index is 12.0. The molecule has 2 aromatic carbocycles. The van der Waals surface area contributed by atoms with Crippen molar-refractivity contribution in [2.45, 2.75) is 22.4 Å². The van der Waals surface area contributed by atoms with Crippen LogP contribution in [0.15, 0.2) is 64.4 Å². The Hall–Kier alpha value is -2.68. The van der Waals surface area contributed by atoms with Crippen LogP contribution in [0.2, 0.25) is 0 Å². The molecule has 9 heteroatoms. The fourth-order valence-corrected chi connectivity index (χ4v) is 2.89. The summed E-state index contributed by atoms with van der Waals surface area (Å²) in [5, 5.41) is 4.83. The van der Waals surface area contributed by atoms with Crippen molar-refractivity contribution in [2.75, 3.05) is 18.5 Å². The van der Waals surface area contributed by atoms with Crippen molar-refractivity contribution in [3.05, 3.63) is 54.6 Å². The first kappa shape index (κ1) is 20.6. The number of nitrogens with one attached hydrogen (secondary N) is 2. The summed E-state index contributed by atoms with van der Waals surface area (Å²) in [6, 6.07) is 16.8. The van der Waals surface area contributed by atoms with Crippen LogP contribution in [0.3, 0.4) is 0 Å². The highest BCUT2D eigenvalue weighted by Crippen LogP contribution is 2.33. The number of halogens is 3. The van der Waals surface area contributed by atoms with Crippen LogP contribution in [-0.2, 0) is 9.53 Å². The van der Waals surface area contributed by atoms with Crippen LogP contribution >= 0.6 is 11.8 Å². The number of ether oxygens (including phenoxy) is 1. The number of amides is 2. The number of hydrogen-bond donors (Lipinski definition) is 2. The van der Waals surface area contributed by atoms with Crippen LogP contribution in [0.4, 0.5) is 23.7 Å². The average molecular weight is 398 g/mol. The van der Waals surface area contributed by atoms with Crippen LogP contribution < -0.4 is 10.6 Å². The fraction of sp³-hybridized carbons (Fsp3) is 0.222. The van der Waals surface area contributed by atoms with Gasteiger partial charge in [0.2, 0.25) is 5.91 Å². The number of carbonyl (C=O) groups excluding carboxylic acids is 2. The van der Waals surface area contributed by atoms with E-state index in [1.165, 1.54) is 11.8 Å². The minimum Gasteiger partial charge on any atom is -0.440 e. The van der Waals surface area contributed by atoms with E-state index >= 15 is 0 Å². The molecule has 0 aromatic heterocycles. The molecule has 0 atom stereocenters. The van der Waals surface area contributed by atoms with E-state index in [0.29, 0.717) is 5.69 Å². The Bertz CT molecular complexity index is 770. The first-order chi connectivity index (χ1) is 12.8. The lowest BCUT2D eigenvalue weighted by atomic mass is 10.3. The van der Waals surface area contributed by atoms with Crippen molar-refractivity contribution in [3.63, 3.8) is 0 Å². The van der Waals surface area contributed by atoms with Gasteiger partial charge in [-0.2, -0.15) is 13.2 Å². The van der Waals surface area contributed by atoms with Gasteiger partial charge in [-0.3, -0.25) is 4.79 Å². The van der Waals surface area contributed by atoms with E-state index in [9.17, 15) is 22.8 Å². The number of hydrogen-bond acceptors (Lipinski definition) is 4. The third-order valence-electron chi connectivity index (χ3n) is 3.12. The fourth-order valence-electron chi connectivity index (χ4n) is 1.96. The van der Waals surface area contributed by atoms with Crippen LogP contribution in [0.25, 0.3) is 0 Å². The number of alkyl halides is 3. The summed E-state index contributed by atoms with van der Waals surface area (Å²) in [5.74, 6) is -0.382. The van der Waals surface area contributed by atoms with Gasteiger partial charge in [0.05, 0.1) is 5.69 Å². The number of benzene rings is 2. The number of anilines is 1. The molecule has 0 fully saturated rings. The Balaban J connectivity index is 1.81. The molecular weight excluding hydrogens is 381 g/mol. The molecule has 5 nitrogen and oxygen atoms in total. The second-order valence-electron chi connectivity index (χ2n) is 5.33. The molecule has 0 bridgehead atoms. The molecule has 0 unspecified atom stereocenters. The van der Waals surface area contributed by atoms with Gasteiger partial charge in [-0.1, -0.05) is 42.1 Å². The molecule has 2 amide bonds. The summed E-state index contributed by atoms with van der Waals surface area (Å²) in [7, 11) is 0. The molecule has 0 saturated carbocycles. The minimum absolute atomic E-state index is 0.106. The molecule has 0 saturated heterocycles. The zero-order valence-electron chi connectivity index (χ0n) is 14.1. The van der Waals surface area contributed by atoms with Crippen LogP contribution in [0.1, 0.15) is 6.42 Å². The van der Waals surface area contributed by atoms with Crippen molar-refractivity contribution in [2.24, 2.45) is 0 Å². The standard InChI is InChI=1S/C18H17F3N2O3S/c19-18(20,21)12-26-17(25)22-11-10-16(24)23-14-8-4-5-9-15(14)27-13-6-2-1-3-7-13/h1-9H,10-12H2,(H,22,25)(H,23,24). The number of carbonyl (C=O) groups is 2. The molecule has 27 heavy (non-hydrogen) atoms. The van der Waals surface area contributed by atoms with Gasteiger partial charge in [-0.25, -0.2) is 4.79 Å². The molecule has 0 spiro atoms. The number of para-hydroxylation sites is 1. The Morgan fingerprint density at radius 2 is 1.67 bits per heavy atom. The molecule has 0 aliphatic heterocycles. The SMILES string of the molecule is O=C(CCNC(=O)OCC(F)(F)F)Nc1ccccc1Sc1ccccc1. The van der Waals surface area contributed by atoms with E-state index in [-0.39, 0.29) is 18.9 Å². The first-order valence-corrected chi connectivity index (χ1v) is 8.74. The number of rotatable bonds is 7. The highest BCUT2D eigenvalue weighted by atomic mass is 32.2. The van der Waals surface area contributed by atoms with Crippen molar-refractivity contribution in [3.8, 4) is 0 Å². The second kappa shape index (κ2) is 9.86. The van der Waals surface area contributed by atoms with E-state index in [1.54, 1.807) is 12.1 Å². The Morgan fingerprint density at radius 3 is 2.37 bits per heavy atom. The quantitative estimate of drug-likeness (QED) is 0.723. The van der Waals surface area contributed by atoms with E-state index < -0.39 is 18.9 Å². The van der Waals surface area contributed by atoms with Gasteiger partial charge < -0.3 is 15.4 Å². The normalized spacial score (nSPS) is 10.9. The van der Waals surface area contributed by atoms with E-state index in [4.69, 9.17) is 0 Å². The van der Waals surface area contributed by atoms with Gasteiger partial charge in [0.15, 0.2) is 6.61 Å². The predicted molar refractivity (Wildman–Crippen MR) is 95.7 cm³/mol. The van der Waals surface area contributed by atoms with Gasteiger partial charge in [-0.05, 0) is 24.3 Å². The van der Waals surface area contributed by atoms with Crippen LogP contribution in [-0.4, -0.2) is 31.3 Å². The predicted octanol–water partition coefficient (Wildman–Crippen LogP) is 4.45. The summed E-state index contributed by atoms with van der Waals surface area (Å²) >= 11 is 1.48. The average Bonchev–Trinajstić information content (AvgIpc) is 2.62. The van der Waals surface area contributed by atoms with Crippen molar-refractivity contribution >= 4 is 29.4 Å². The van der Waals surface area contributed by atoms with Gasteiger partial charge in [-0.15, -0.1) is 0 Å². The van der Waals surface area contributed by atoms with E-state index in [1.807, 2.05) is 42.5 Å². The molecule has 2 aromatic rings. The Labute approximate surface area is 158 Å². The maximum Gasteiger partial charge on any atom is 0.422 e. The zero-order chi connectivity index (χ0) is 19.7. The summed E-state index contributed by atoms with van der Waals surface area (Å²) < 4.78 is 39.8. The lowest BCUT2D eigenvalue weighted by molar-refractivity contribution is -0.160. The maximum absolute atomic E-state index is 12.0. The van der Waals surface area contributed by atoms with Crippen LogP contribution in [0.5, 0.6) is 0 Å². The van der Waals surface area contributed by atoms with E-state index in [2.05, 4.69) is 15.4 Å². The lowest BCUT2D eigenvalue weighted by Gasteiger charge is -2.11. The summed E-state index contributed by atoms with van der Waals surface area (Å²) in [4.78, 5) is 25.0. The summed E-state index contributed by atoms with van der Waals surface area (Å²) in [6.45, 7) is -1.81. The monoisotopic (exact) mass is 398 g/mol. The third kappa shape index (κ3) is 8.04. The van der Waals surface area contributed by atoms with Gasteiger partial charge >= 0.3 is 12.3 Å². The highest BCUT2D eigenvalue weighted by Gasteiger charge is 2.29. The number of alkyl carbamates (subject to hydrolysis) is 1. The molecule has 2 N–H and O–H groups in total. The Morgan fingerprint density at radius 1 is 1.00 bits per heavy atom. The van der Waals surface area contributed by atoms with Gasteiger partial charge in [0, 0.05) is 22.8 Å². The van der Waals surface area contributed by atoms with Crippen molar-refractivity contribution in [1.29, 1.82) is 0 Å². The third-order valence-corrected chi connectivity index (χ3v) is 4.20. The van der Waals surface area contributed by atoms with Crippen molar-refractivity contribution in [1.82, 2.24) is 5.32 Å². The summed E-state index contributed by atoms with van der Waals surface area (Å²) in [6.07, 6.45) is -5.92. The molecule has 2 rings (SSSR count). The lowest BCUT2D eigenvalue weighted by Crippen LogP contribution is -2.31. The minimum atomic E-state index is -4.59. The molecule has 144 valence electrons. The summed E-state index contributed by atoms with van der Waals surface area (Å²) in [5.41, 5.74) is 0.607. The van der Waals surface area contributed by atoms with Crippen molar-refractivity contribution < 1.29 is 27.5 Å². The highest BCUT2D eigenvalue weighted by molar-refractivity contribution is 7.99. The first-order valence-electron chi connectivity index (χ1n) is 7.92. The van der Waals surface area contributed by atoms with Crippen LogP contribution in [0, 0.1) is 0 Å². The van der Waals surface area contributed by atoms with Gasteiger partial charge in [0.25, 0.3) is 0 Å². The second-order valence-corrected chi connectivity index (χ2v) is 6.44. The topological polar surface area (TPSA) is 67.4 Å². The van der Waals surface area contributed by atoms with Gasteiger partial charge in [0.1, 0.15) is 0 Å².